The van der Waals surface area contributed by atoms with Crippen molar-refractivity contribution in [3.05, 3.63) is 108 Å². The molecule has 0 fully saturated rings. The fourth-order valence-corrected chi connectivity index (χ4v) is 4.05. The molecule has 3 amide bonds. The molecule has 0 aromatic heterocycles. The molecule has 9 heteroatoms. The van der Waals surface area contributed by atoms with Crippen LogP contribution in [-0.4, -0.2) is 64.1 Å². The van der Waals surface area contributed by atoms with Crippen LogP contribution in [0.3, 0.4) is 0 Å². The largest absolute Gasteiger partial charge is 0.507 e. The Labute approximate surface area is 251 Å². The van der Waals surface area contributed by atoms with Gasteiger partial charge in [-0.2, -0.15) is 0 Å². The van der Waals surface area contributed by atoms with Gasteiger partial charge in [-0.05, 0) is 55.7 Å². The number of unbranched alkanes of at least 4 members (excludes halogenated alkanes) is 1. The lowest BCUT2D eigenvalue weighted by Gasteiger charge is -2.21. The van der Waals surface area contributed by atoms with E-state index in [-0.39, 0.29) is 35.0 Å². The molecule has 0 aliphatic carbocycles. The maximum Gasteiger partial charge on any atom is 0.246 e. The lowest BCUT2D eigenvalue weighted by atomic mass is 10.2. The van der Waals surface area contributed by atoms with Crippen LogP contribution in [0.2, 0.25) is 0 Å². The first kappa shape index (κ1) is 32.2. The second-order valence-corrected chi connectivity index (χ2v) is 9.64. The Morgan fingerprint density at radius 1 is 0.558 bits per heavy atom. The van der Waals surface area contributed by atoms with Crippen LogP contribution >= 0.6 is 0 Å². The highest BCUT2D eigenvalue weighted by atomic mass is 16.3. The van der Waals surface area contributed by atoms with Gasteiger partial charge in [-0.1, -0.05) is 54.6 Å². The van der Waals surface area contributed by atoms with Crippen molar-refractivity contribution in [2.45, 2.75) is 19.3 Å². The summed E-state index contributed by atoms with van der Waals surface area (Å²) in [6, 6.07) is 20.2. The molecular formula is C34H37N3O6. The maximum absolute atomic E-state index is 13.0. The molecule has 3 aromatic carbocycles. The highest BCUT2D eigenvalue weighted by Gasteiger charge is 2.11. The summed E-state index contributed by atoms with van der Waals surface area (Å²) in [6.07, 6.45) is 10.5. The Bertz CT molecular complexity index is 1460. The van der Waals surface area contributed by atoms with E-state index in [1.807, 2.05) is 0 Å². The van der Waals surface area contributed by atoms with E-state index < -0.39 is 0 Å². The van der Waals surface area contributed by atoms with Crippen LogP contribution in [0.15, 0.2) is 91.0 Å². The summed E-state index contributed by atoms with van der Waals surface area (Å²) in [5.74, 6) is -0.576. The minimum atomic E-state index is -0.312. The third-order valence-corrected chi connectivity index (χ3v) is 6.41. The first-order chi connectivity index (χ1) is 20.8. The smallest absolute Gasteiger partial charge is 0.246 e. The van der Waals surface area contributed by atoms with Crippen LogP contribution < -0.4 is 10.6 Å². The first-order valence-corrected chi connectivity index (χ1v) is 14.1. The van der Waals surface area contributed by atoms with E-state index in [0.717, 1.165) is 0 Å². The third kappa shape index (κ3) is 11.6. The molecular weight excluding hydrogens is 546 g/mol. The molecule has 3 aromatic rings. The summed E-state index contributed by atoms with van der Waals surface area (Å²) in [7, 11) is 0. The average Bonchev–Trinajstić information content (AvgIpc) is 3.00. The van der Waals surface area contributed by atoms with E-state index in [1.165, 1.54) is 24.3 Å². The molecule has 0 aliphatic rings. The average molecular weight is 584 g/mol. The Morgan fingerprint density at radius 3 is 1.42 bits per heavy atom. The van der Waals surface area contributed by atoms with Gasteiger partial charge >= 0.3 is 0 Å². The molecule has 0 heterocycles. The standard InChI is InChI=1S/C34H37N3O6/c38-29-13-4-1-10-26(29)16-19-32(41)35-22-7-8-24-37(34(43)21-18-28-12-3-6-15-31(28)40)25-9-23-36-33(42)20-17-27-11-2-5-14-30(27)39/h1-6,10-21,38-40H,7-9,22-25H2,(H,35,41)(H,36,42)/b19-16+,20-17+,21-18+. The fraction of sp³-hybridized carbons (Fsp3) is 0.206. The molecule has 0 spiro atoms. The Morgan fingerprint density at radius 2 is 0.953 bits per heavy atom. The lowest BCUT2D eigenvalue weighted by molar-refractivity contribution is -0.126. The normalized spacial score (nSPS) is 11.3. The van der Waals surface area contributed by atoms with Crippen molar-refractivity contribution in [2.75, 3.05) is 26.2 Å². The molecule has 0 saturated carbocycles. The minimum absolute atomic E-state index is 0.0740. The molecule has 5 N–H and O–H groups in total. The zero-order valence-electron chi connectivity index (χ0n) is 23.9. The zero-order valence-corrected chi connectivity index (χ0v) is 23.9. The number of benzene rings is 3. The summed E-state index contributed by atoms with van der Waals surface area (Å²) in [5, 5.41) is 35.2. The van der Waals surface area contributed by atoms with Crippen LogP contribution in [0.1, 0.15) is 36.0 Å². The van der Waals surface area contributed by atoms with Gasteiger partial charge < -0.3 is 30.9 Å². The SMILES string of the molecule is O=C(/C=C/c1ccccc1O)NCCCCN(CCCNC(=O)/C=C/c1ccccc1O)C(=O)/C=C/c1ccccc1O. The first-order valence-electron chi connectivity index (χ1n) is 14.1. The predicted molar refractivity (Wildman–Crippen MR) is 168 cm³/mol. The molecule has 43 heavy (non-hydrogen) atoms. The Hall–Kier alpha value is -5.31. The summed E-state index contributed by atoms with van der Waals surface area (Å²) in [6.45, 7) is 1.59. The van der Waals surface area contributed by atoms with Crippen LogP contribution in [0.5, 0.6) is 17.2 Å². The van der Waals surface area contributed by atoms with Crippen molar-refractivity contribution in [3.63, 3.8) is 0 Å². The van der Waals surface area contributed by atoms with E-state index in [9.17, 15) is 29.7 Å². The number of carbonyl (C=O) groups excluding carboxylic acids is 3. The summed E-state index contributed by atoms with van der Waals surface area (Å²) < 4.78 is 0. The maximum atomic E-state index is 13.0. The Balaban J connectivity index is 1.47. The number of rotatable bonds is 15. The zero-order chi connectivity index (χ0) is 30.9. The van der Waals surface area contributed by atoms with Crippen LogP contribution in [0.25, 0.3) is 18.2 Å². The van der Waals surface area contributed by atoms with Gasteiger partial charge in [-0.15, -0.1) is 0 Å². The van der Waals surface area contributed by atoms with E-state index in [2.05, 4.69) is 10.6 Å². The number of nitrogens with zero attached hydrogens (tertiary/aromatic N) is 1. The molecule has 224 valence electrons. The van der Waals surface area contributed by atoms with E-state index in [1.54, 1.807) is 89.8 Å². The number of para-hydroxylation sites is 3. The third-order valence-electron chi connectivity index (χ3n) is 6.41. The number of carbonyl (C=O) groups is 3. The van der Waals surface area contributed by atoms with Gasteiger partial charge in [-0.25, -0.2) is 0 Å². The van der Waals surface area contributed by atoms with Crippen molar-refractivity contribution in [3.8, 4) is 17.2 Å². The fourth-order valence-electron chi connectivity index (χ4n) is 4.05. The minimum Gasteiger partial charge on any atom is -0.507 e. The van der Waals surface area contributed by atoms with Crippen molar-refractivity contribution in [1.29, 1.82) is 0 Å². The van der Waals surface area contributed by atoms with Gasteiger partial charge in [0.05, 0.1) is 0 Å². The van der Waals surface area contributed by atoms with E-state index in [4.69, 9.17) is 0 Å². The summed E-state index contributed by atoms with van der Waals surface area (Å²) >= 11 is 0. The van der Waals surface area contributed by atoms with Crippen LogP contribution in [0, 0.1) is 0 Å². The van der Waals surface area contributed by atoms with Crippen molar-refractivity contribution in [2.24, 2.45) is 0 Å². The number of phenols is 3. The quantitative estimate of drug-likeness (QED) is 0.132. The lowest BCUT2D eigenvalue weighted by Crippen LogP contribution is -2.34. The highest BCUT2D eigenvalue weighted by Crippen LogP contribution is 2.18. The number of phenolic OH excluding ortho intramolecular Hbond substituents is 3. The van der Waals surface area contributed by atoms with E-state index >= 15 is 0 Å². The topological polar surface area (TPSA) is 139 Å². The number of amides is 3. The van der Waals surface area contributed by atoms with Crippen molar-refractivity contribution < 1.29 is 29.7 Å². The second-order valence-electron chi connectivity index (χ2n) is 9.64. The molecule has 9 nitrogen and oxygen atoms in total. The van der Waals surface area contributed by atoms with Crippen molar-refractivity contribution in [1.82, 2.24) is 15.5 Å². The van der Waals surface area contributed by atoms with Gasteiger partial charge in [0.15, 0.2) is 0 Å². The molecule has 3 rings (SSSR count). The molecule has 0 saturated heterocycles. The number of hydrogen-bond acceptors (Lipinski definition) is 6. The summed E-state index contributed by atoms with van der Waals surface area (Å²) in [4.78, 5) is 39.0. The second kappa shape index (κ2) is 17.5. The molecule has 0 radical (unpaired) electrons. The number of nitrogens with one attached hydrogen (secondary N) is 2. The number of aromatic hydroxyl groups is 3. The van der Waals surface area contributed by atoms with Crippen LogP contribution in [-0.2, 0) is 14.4 Å². The molecule has 0 unspecified atom stereocenters. The predicted octanol–water partition coefficient (Wildman–Crippen LogP) is 4.47. The van der Waals surface area contributed by atoms with Gasteiger partial charge in [0.2, 0.25) is 17.7 Å². The van der Waals surface area contributed by atoms with Gasteiger partial charge in [0, 0.05) is 61.1 Å². The molecule has 0 bridgehead atoms. The number of hydrogen-bond donors (Lipinski definition) is 5. The van der Waals surface area contributed by atoms with Crippen LogP contribution in [0.4, 0.5) is 0 Å². The van der Waals surface area contributed by atoms with E-state index in [0.29, 0.717) is 62.1 Å². The Kier molecular flexibility index (Phi) is 13.1. The van der Waals surface area contributed by atoms with Gasteiger partial charge in [-0.3, -0.25) is 14.4 Å². The van der Waals surface area contributed by atoms with Crippen molar-refractivity contribution >= 4 is 35.9 Å². The van der Waals surface area contributed by atoms with Gasteiger partial charge in [0.1, 0.15) is 17.2 Å². The molecule has 0 aliphatic heterocycles. The monoisotopic (exact) mass is 583 g/mol. The molecule has 0 atom stereocenters. The van der Waals surface area contributed by atoms with Gasteiger partial charge in [0.25, 0.3) is 0 Å². The highest BCUT2D eigenvalue weighted by molar-refractivity contribution is 5.93. The summed E-state index contributed by atoms with van der Waals surface area (Å²) in [5.41, 5.74) is 1.61.